The van der Waals surface area contributed by atoms with E-state index in [1.807, 2.05) is 36.5 Å². The first-order chi connectivity index (χ1) is 24.2. The molecule has 1 aromatic heterocycles. The number of hydrogen-bond donors (Lipinski definition) is 1. The molecule has 1 atom stereocenters. The normalized spacial score (nSPS) is 15.0. The fourth-order valence-corrected chi connectivity index (χ4v) is 6.16. The number of ether oxygens (including phenoxy) is 1. The highest BCUT2D eigenvalue weighted by Gasteiger charge is 2.31. The number of pyridine rings is 1. The van der Waals surface area contributed by atoms with E-state index < -0.39 is 0 Å². The van der Waals surface area contributed by atoms with Crippen molar-refractivity contribution in [1.82, 2.24) is 24.6 Å². The van der Waals surface area contributed by atoms with Crippen molar-refractivity contribution in [2.24, 2.45) is 0 Å². The Labute approximate surface area is 308 Å². The lowest BCUT2D eigenvalue weighted by Gasteiger charge is -2.38. The molecule has 1 aliphatic heterocycles. The van der Waals surface area contributed by atoms with Crippen molar-refractivity contribution < 1.29 is 14.3 Å². The number of rotatable bonds is 12. The zero-order valence-corrected chi connectivity index (χ0v) is 31.6. The number of amides is 1. The first-order valence-electron chi connectivity index (χ1n) is 16.9. The smallest absolute Gasteiger partial charge is 0.293 e. The minimum atomic E-state index is 0.0301. The van der Waals surface area contributed by atoms with Crippen LogP contribution < -0.4 is 0 Å². The molecule has 3 aromatic rings. The van der Waals surface area contributed by atoms with E-state index in [1.165, 1.54) is 34.3 Å². The zero-order valence-electron chi connectivity index (χ0n) is 30.0. The molecule has 1 fully saturated rings. The first kappa shape index (κ1) is 41.9. The number of nitrogens with one attached hydrogen (secondary N) is 1. The molecule has 5 rings (SSSR count). The standard InChI is InChI=1S/C20H24BrN3.C14H19N3O.C4H8O2.C2H2/c1-14-3-6-18-15(11-14)4-5-16-12-17(21)13-22-19(16)20(18)24-9-7-23(2)8-10-24;1-2-16(12-15)9-6-10-17(13-18)11-14-7-4-3-5-8-14;1-4(2)6-3-5;1-2/h3,6,11-13,20H,4-5,7-10H2,1-2H3;2-5,7-8,12-13,15H,1,6,9-11H2;3-4H,1-2H3;1-2H/t20-;;;/m1.../s1. The number of carbonyl (C=O) groups excluding carboxylic acids is 2. The summed E-state index contributed by atoms with van der Waals surface area (Å²) < 4.78 is 5.44. The fraction of sp³-hybridized carbons (Fsp3) is 0.400. The number of fused-ring (bicyclic) bond motifs is 2. The van der Waals surface area contributed by atoms with Crippen molar-refractivity contribution in [3.05, 3.63) is 112 Å². The van der Waals surface area contributed by atoms with Crippen LogP contribution in [0.4, 0.5) is 0 Å². The quantitative estimate of drug-likeness (QED) is 0.0981. The van der Waals surface area contributed by atoms with E-state index in [0.717, 1.165) is 61.9 Å². The molecule has 0 unspecified atom stereocenters. The van der Waals surface area contributed by atoms with Gasteiger partial charge in [-0.1, -0.05) is 60.7 Å². The highest BCUT2D eigenvalue weighted by Crippen LogP contribution is 2.37. The highest BCUT2D eigenvalue weighted by atomic mass is 79.9. The average Bonchev–Trinajstić information content (AvgIpc) is 3.28. The number of terminal acetylenes is 1. The summed E-state index contributed by atoms with van der Waals surface area (Å²) in [7, 11) is 2.21. The Bertz CT molecular complexity index is 1430. The van der Waals surface area contributed by atoms with Crippen molar-refractivity contribution in [2.75, 3.05) is 46.3 Å². The summed E-state index contributed by atoms with van der Waals surface area (Å²) in [5, 5.41) is 7.12. The van der Waals surface area contributed by atoms with Gasteiger partial charge in [0, 0.05) is 56.5 Å². The number of halogens is 1. The molecular formula is C40H53BrN6O3. The molecule has 1 N–H and O–H groups in total. The summed E-state index contributed by atoms with van der Waals surface area (Å²) in [5.41, 5.74) is 8.07. The van der Waals surface area contributed by atoms with Crippen LogP contribution >= 0.6 is 15.9 Å². The third-order valence-corrected chi connectivity index (χ3v) is 8.79. The van der Waals surface area contributed by atoms with E-state index in [0.29, 0.717) is 32.1 Å². The Hall–Kier alpha value is -4.30. The van der Waals surface area contributed by atoms with Gasteiger partial charge in [-0.2, -0.15) is 0 Å². The van der Waals surface area contributed by atoms with Gasteiger partial charge in [0.05, 0.1) is 24.2 Å². The van der Waals surface area contributed by atoms with Gasteiger partial charge in [-0.25, -0.2) is 0 Å². The fourth-order valence-electron chi connectivity index (χ4n) is 5.79. The van der Waals surface area contributed by atoms with E-state index in [2.05, 4.69) is 88.1 Å². The number of benzene rings is 2. The Morgan fingerprint density at radius 1 is 1.04 bits per heavy atom. The average molecular weight is 746 g/mol. The number of aryl methyl sites for hydroxylation is 3. The van der Waals surface area contributed by atoms with Crippen LogP contribution in [0.25, 0.3) is 0 Å². The van der Waals surface area contributed by atoms with Crippen LogP contribution in [-0.2, 0) is 33.7 Å². The van der Waals surface area contributed by atoms with Crippen molar-refractivity contribution in [2.45, 2.75) is 58.7 Å². The third-order valence-electron chi connectivity index (χ3n) is 8.35. The van der Waals surface area contributed by atoms with E-state index in [1.54, 1.807) is 29.8 Å². The number of piperazine rings is 1. The Morgan fingerprint density at radius 3 is 2.30 bits per heavy atom. The molecule has 2 heterocycles. The van der Waals surface area contributed by atoms with Gasteiger partial charge in [0.2, 0.25) is 6.41 Å². The lowest BCUT2D eigenvalue weighted by Crippen LogP contribution is -2.46. The third kappa shape index (κ3) is 13.9. The SMILES string of the molecule is C#C.C=CN(C=N)CCCN(C=O)Cc1ccccc1.CC(C)OC=O.Cc1ccc2c(c1)CCc1cc(Br)cnc1[C@@H]2N1CCN(C)CC1. The van der Waals surface area contributed by atoms with Gasteiger partial charge < -0.3 is 19.4 Å². The van der Waals surface area contributed by atoms with Crippen LogP contribution in [0.2, 0.25) is 0 Å². The molecule has 50 heavy (non-hydrogen) atoms. The molecule has 10 heteroatoms. The predicted octanol–water partition coefficient (Wildman–Crippen LogP) is 6.49. The second kappa shape index (κ2) is 23.2. The van der Waals surface area contributed by atoms with Crippen LogP contribution in [0.1, 0.15) is 59.8 Å². The van der Waals surface area contributed by atoms with Crippen molar-refractivity contribution in [3.8, 4) is 12.8 Å². The molecule has 0 spiro atoms. The van der Waals surface area contributed by atoms with Crippen LogP contribution in [-0.4, -0.2) is 96.2 Å². The Balaban J connectivity index is 0.000000295. The van der Waals surface area contributed by atoms with Crippen molar-refractivity contribution in [1.29, 1.82) is 5.41 Å². The maximum atomic E-state index is 11.0. The van der Waals surface area contributed by atoms with Crippen LogP contribution in [0.5, 0.6) is 0 Å². The topological polar surface area (TPSA) is 93.1 Å². The zero-order chi connectivity index (χ0) is 36.9. The van der Waals surface area contributed by atoms with Gasteiger partial charge in [-0.15, -0.1) is 12.8 Å². The molecule has 2 aromatic carbocycles. The van der Waals surface area contributed by atoms with Crippen LogP contribution in [0.3, 0.4) is 0 Å². The summed E-state index contributed by atoms with van der Waals surface area (Å²) in [6, 6.07) is 19.4. The van der Waals surface area contributed by atoms with Crippen molar-refractivity contribution >= 4 is 35.2 Å². The second-order valence-corrected chi connectivity index (χ2v) is 13.3. The lowest BCUT2D eigenvalue weighted by molar-refractivity contribution is -0.132. The maximum absolute atomic E-state index is 11.0. The minimum absolute atomic E-state index is 0.0301. The molecule has 2 aliphatic rings. The van der Waals surface area contributed by atoms with E-state index >= 15 is 0 Å². The molecule has 0 bridgehead atoms. The van der Waals surface area contributed by atoms with Gasteiger partial charge >= 0.3 is 0 Å². The largest absolute Gasteiger partial charge is 0.465 e. The minimum Gasteiger partial charge on any atom is -0.465 e. The molecule has 0 saturated carbocycles. The number of nitrogens with zero attached hydrogens (tertiary/aromatic N) is 5. The summed E-state index contributed by atoms with van der Waals surface area (Å²) in [6.45, 7) is 16.3. The lowest BCUT2D eigenvalue weighted by atomic mass is 9.95. The molecule has 1 aliphatic carbocycles. The van der Waals surface area contributed by atoms with Gasteiger partial charge in [0.1, 0.15) is 0 Å². The highest BCUT2D eigenvalue weighted by molar-refractivity contribution is 9.10. The van der Waals surface area contributed by atoms with Crippen molar-refractivity contribution in [3.63, 3.8) is 0 Å². The molecule has 0 radical (unpaired) electrons. The second-order valence-electron chi connectivity index (χ2n) is 12.4. The van der Waals surface area contributed by atoms with Gasteiger partial charge in [0.15, 0.2) is 0 Å². The van der Waals surface area contributed by atoms with Crippen LogP contribution in [0, 0.1) is 25.2 Å². The maximum Gasteiger partial charge on any atom is 0.293 e. The van der Waals surface area contributed by atoms with Gasteiger partial charge in [-0.05, 0) is 97.5 Å². The molecule has 9 nitrogen and oxygen atoms in total. The molecule has 1 saturated heterocycles. The molecular weight excluding hydrogens is 692 g/mol. The van der Waals surface area contributed by atoms with Gasteiger partial charge in [0.25, 0.3) is 6.47 Å². The number of aromatic nitrogens is 1. The van der Waals surface area contributed by atoms with E-state index in [-0.39, 0.29) is 6.10 Å². The van der Waals surface area contributed by atoms with Gasteiger partial charge in [-0.3, -0.25) is 24.9 Å². The summed E-state index contributed by atoms with van der Waals surface area (Å²) >= 11 is 3.60. The Kier molecular flexibility index (Phi) is 19.4. The monoisotopic (exact) mass is 744 g/mol. The number of hydrogen-bond acceptors (Lipinski definition) is 7. The van der Waals surface area contributed by atoms with E-state index in [4.69, 9.17) is 10.4 Å². The number of carbonyl (C=O) groups is 2. The summed E-state index contributed by atoms with van der Waals surface area (Å²) in [4.78, 5) is 33.7. The predicted molar refractivity (Wildman–Crippen MR) is 207 cm³/mol. The summed E-state index contributed by atoms with van der Waals surface area (Å²) in [5.74, 6) is 0. The molecule has 268 valence electrons. The first-order valence-corrected chi connectivity index (χ1v) is 17.7. The van der Waals surface area contributed by atoms with Crippen LogP contribution in [0.15, 0.2) is 78.0 Å². The van der Waals surface area contributed by atoms with E-state index in [9.17, 15) is 9.59 Å². The Morgan fingerprint density at radius 2 is 1.72 bits per heavy atom. The number of likely N-dealkylation sites (N-methyl/N-ethyl adjacent to an activating group) is 1. The molecule has 1 amide bonds. The summed E-state index contributed by atoms with van der Waals surface area (Å²) in [6.07, 6.45) is 16.7.